The van der Waals surface area contributed by atoms with Crippen molar-refractivity contribution in [2.24, 2.45) is 0 Å². The van der Waals surface area contributed by atoms with E-state index in [9.17, 15) is 0 Å². The van der Waals surface area contributed by atoms with Crippen LogP contribution in [0, 0.1) is 0 Å². The molecule has 0 aromatic heterocycles. The van der Waals surface area contributed by atoms with Gasteiger partial charge in [0.25, 0.3) is 0 Å². The second-order valence-electron chi connectivity index (χ2n) is 5.27. The van der Waals surface area contributed by atoms with Gasteiger partial charge in [-0.2, -0.15) is 0 Å². The molecule has 0 aromatic carbocycles. The summed E-state index contributed by atoms with van der Waals surface area (Å²) >= 11 is 0. The zero-order chi connectivity index (χ0) is 17.3. The first kappa shape index (κ1) is 22.2. The summed E-state index contributed by atoms with van der Waals surface area (Å²) in [6.45, 7) is 4.28. The molecule has 0 N–H and O–H groups in total. The predicted molar refractivity (Wildman–Crippen MR) is 90.7 cm³/mol. The van der Waals surface area contributed by atoms with Crippen molar-refractivity contribution in [3.8, 4) is 0 Å². The first-order valence-corrected chi connectivity index (χ1v) is 11.2. The molecule has 0 saturated carbocycles. The highest BCUT2D eigenvalue weighted by atomic mass is 28.5. The molecule has 0 aliphatic carbocycles. The molecule has 22 heavy (non-hydrogen) atoms. The molecule has 0 aliphatic rings. The van der Waals surface area contributed by atoms with Gasteiger partial charge in [0.2, 0.25) is 0 Å². The molecule has 0 saturated heterocycles. The molecule has 134 valence electrons. The van der Waals surface area contributed by atoms with Crippen molar-refractivity contribution in [2.75, 3.05) is 42.7 Å². The molecule has 0 fully saturated rings. The van der Waals surface area contributed by atoms with Crippen LogP contribution < -0.4 is 0 Å². The smallest absolute Gasteiger partial charge is 0.377 e. The van der Waals surface area contributed by atoms with Crippen molar-refractivity contribution >= 4 is 17.6 Å². The van der Waals surface area contributed by atoms with Crippen molar-refractivity contribution in [3.05, 3.63) is 0 Å². The fraction of sp³-hybridized carbons (Fsp3) is 1.00. The molecule has 0 unspecified atom stereocenters. The summed E-state index contributed by atoms with van der Waals surface area (Å²) in [5, 5.41) is 0. The molecule has 0 radical (unpaired) electrons. The minimum absolute atomic E-state index is 0.527. The average molecular weight is 355 g/mol. The van der Waals surface area contributed by atoms with E-state index in [4.69, 9.17) is 26.6 Å². The summed E-state index contributed by atoms with van der Waals surface area (Å²) in [4.78, 5) is 0. The summed E-state index contributed by atoms with van der Waals surface area (Å²) in [5.74, 6) is 0. The van der Waals surface area contributed by atoms with E-state index < -0.39 is 22.3 Å². The Kier molecular flexibility index (Phi) is 10.2. The second kappa shape index (κ2) is 10.1. The van der Waals surface area contributed by atoms with Crippen LogP contribution in [0.25, 0.3) is 0 Å². The highest BCUT2D eigenvalue weighted by Crippen LogP contribution is 2.55. The van der Waals surface area contributed by atoms with Gasteiger partial charge in [-0.25, -0.2) is 0 Å². The Morgan fingerprint density at radius 2 is 0.955 bits per heavy atom. The molecule has 0 aliphatic heterocycles. The lowest BCUT2D eigenvalue weighted by atomic mass is 10.1. The first-order valence-electron chi connectivity index (χ1n) is 7.80. The molecule has 0 rings (SSSR count). The van der Waals surface area contributed by atoms with Gasteiger partial charge >= 0.3 is 17.6 Å². The Bertz CT molecular complexity index is 259. The molecule has 0 amide bonds. The molecule has 0 aromatic rings. The van der Waals surface area contributed by atoms with Crippen molar-refractivity contribution in [1.29, 1.82) is 0 Å². The van der Waals surface area contributed by atoms with Crippen LogP contribution in [0.2, 0.25) is 4.66 Å². The van der Waals surface area contributed by atoms with Crippen LogP contribution in [0.15, 0.2) is 0 Å². The molecule has 0 heterocycles. The van der Waals surface area contributed by atoms with Crippen LogP contribution in [0.4, 0.5) is 0 Å². The fourth-order valence-electron chi connectivity index (χ4n) is 3.50. The molecular formula is C14H34O6Si2. The van der Waals surface area contributed by atoms with Crippen molar-refractivity contribution in [1.82, 2.24) is 0 Å². The van der Waals surface area contributed by atoms with Gasteiger partial charge in [0, 0.05) is 42.7 Å². The van der Waals surface area contributed by atoms with Gasteiger partial charge in [0.05, 0.1) is 0 Å². The topological polar surface area (TPSA) is 55.4 Å². The second-order valence-corrected chi connectivity index (χ2v) is 12.4. The van der Waals surface area contributed by atoms with Crippen LogP contribution >= 0.6 is 0 Å². The maximum Gasteiger partial charge on any atom is 0.511 e. The lowest BCUT2D eigenvalue weighted by Gasteiger charge is -2.49. The molecule has 0 bridgehead atoms. The van der Waals surface area contributed by atoms with Crippen molar-refractivity contribution in [3.63, 3.8) is 0 Å². The van der Waals surface area contributed by atoms with E-state index in [1.165, 1.54) is 0 Å². The summed E-state index contributed by atoms with van der Waals surface area (Å²) in [7, 11) is 3.67. The molecule has 0 spiro atoms. The Morgan fingerprint density at radius 3 is 1.18 bits per heavy atom. The van der Waals surface area contributed by atoms with Gasteiger partial charge < -0.3 is 26.6 Å². The third kappa shape index (κ3) is 3.64. The van der Waals surface area contributed by atoms with Crippen LogP contribution in [0.1, 0.15) is 46.0 Å². The third-order valence-electron chi connectivity index (χ3n) is 4.42. The monoisotopic (exact) mass is 354 g/mol. The maximum absolute atomic E-state index is 5.85. The van der Waals surface area contributed by atoms with E-state index in [2.05, 4.69) is 13.8 Å². The molecular weight excluding hydrogens is 320 g/mol. The lowest BCUT2D eigenvalue weighted by molar-refractivity contribution is 0.0475. The van der Waals surface area contributed by atoms with Gasteiger partial charge in [0.15, 0.2) is 0 Å². The zero-order valence-corrected chi connectivity index (χ0v) is 17.5. The Hall–Kier alpha value is 0.194. The van der Waals surface area contributed by atoms with Crippen molar-refractivity contribution < 1.29 is 26.6 Å². The number of unbranched alkanes of at least 4 members (excludes halogenated alkanes) is 1. The highest BCUT2D eigenvalue weighted by Gasteiger charge is 2.74. The summed E-state index contributed by atoms with van der Waals surface area (Å²) in [6.07, 6.45) is 4.60. The highest BCUT2D eigenvalue weighted by molar-refractivity contribution is 6.85. The van der Waals surface area contributed by atoms with E-state index in [1.54, 1.807) is 42.7 Å². The largest absolute Gasteiger partial charge is 0.511 e. The third-order valence-corrected chi connectivity index (χ3v) is 12.8. The minimum atomic E-state index is -3.07. The maximum atomic E-state index is 5.85. The van der Waals surface area contributed by atoms with E-state index in [0.717, 1.165) is 32.1 Å². The van der Waals surface area contributed by atoms with Crippen LogP contribution in [0.5, 0.6) is 0 Å². The Balaban J connectivity index is 6.31. The summed E-state index contributed by atoms with van der Waals surface area (Å²) < 4.78 is 34.6. The molecule has 8 heteroatoms. The first-order chi connectivity index (χ1) is 10.5. The van der Waals surface area contributed by atoms with Gasteiger partial charge in [-0.3, -0.25) is 0 Å². The molecule has 6 nitrogen and oxygen atoms in total. The number of hydrogen-bond acceptors (Lipinski definition) is 6. The van der Waals surface area contributed by atoms with Crippen LogP contribution in [-0.2, 0) is 26.6 Å². The van der Waals surface area contributed by atoms with E-state index >= 15 is 0 Å². The lowest BCUT2D eigenvalue weighted by Crippen LogP contribution is -2.69. The number of rotatable bonds is 13. The van der Waals surface area contributed by atoms with Crippen LogP contribution in [-0.4, -0.2) is 60.3 Å². The zero-order valence-electron chi connectivity index (χ0n) is 15.5. The summed E-state index contributed by atoms with van der Waals surface area (Å²) in [6, 6.07) is 0. The number of hydrogen-bond donors (Lipinski definition) is 0. The van der Waals surface area contributed by atoms with Gasteiger partial charge in [-0.15, -0.1) is 0 Å². The summed E-state index contributed by atoms with van der Waals surface area (Å²) in [5.41, 5.74) is 0. The normalized spacial score (nSPS) is 13.6. The van der Waals surface area contributed by atoms with Crippen molar-refractivity contribution in [2.45, 2.75) is 50.6 Å². The van der Waals surface area contributed by atoms with Crippen LogP contribution in [0.3, 0.4) is 0 Å². The van der Waals surface area contributed by atoms with Gasteiger partial charge in [0.1, 0.15) is 4.66 Å². The fourth-order valence-corrected chi connectivity index (χ4v) is 12.3. The molecule has 0 atom stereocenters. The van der Waals surface area contributed by atoms with E-state index in [1.807, 2.05) is 0 Å². The Morgan fingerprint density at radius 1 is 0.591 bits per heavy atom. The minimum Gasteiger partial charge on any atom is -0.377 e. The van der Waals surface area contributed by atoms with E-state index in [-0.39, 0.29) is 0 Å². The average Bonchev–Trinajstić information content (AvgIpc) is 2.57. The van der Waals surface area contributed by atoms with E-state index in [0.29, 0.717) is 0 Å². The standard InChI is InChI=1S/C14H34O6Si2/c1-9-11-13-14(12-10-2,21(15-3,16-4)17-5)22(18-6,19-7)20-8/h9-13H2,1-8H3. The van der Waals surface area contributed by atoms with Gasteiger partial charge in [-0.1, -0.05) is 33.1 Å². The SMILES string of the molecule is CCCCC(CCC)([Si](OC)(OC)OC)[Si](OC)(OC)OC. The Labute approximate surface area is 138 Å². The van der Waals surface area contributed by atoms with Gasteiger partial charge in [-0.05, 0) is 12.8 Å². The predicted octanol–water partition coefficient (Wildman–Crippen LogP) is 3.01. The quantitative estimate of drug-likeness (QED) is 0.474.